The summed E-state index contributed by atoms with van der Waals surface area (Å²) in [4.78, 5) is 37.8. The van der Waals surface area contributed by atoms with Crippen molar-refractivity contribution in [1.82, 2.24) is 0 Å². The van der Waals surface area contributed by atoms with Crippen LogP contribution in [-0.4, -0.2) is 43.6 Å². The Balaban J connectivity index is 2.01. The topological polar surface area (TPSA) is 78.9 Å². The quantitative estimate of drug-likeness (QED) is 0.283. The molecule has 1 atom stereocenters. The molecular formula is C20H32O6. The summed E-state index contributed by atoms with van der Waals surface area (Å²) in [6.07, 6.45) is 7.03. The second-order valence-electron chi connectivity index (χ2n) is 7.32. The van der Waals surface area contributed by atoms with Crippen LogP contribution in [-0.2, 0) is 28.6 Å². The molecule has 1 heterocycles. The number of carbonyl (C=O) groups excluding carboxylic acids is 3. The van der Waals surface area contributed by atoms with Gasteiger partial charge in [-0.15, -0.1) is 0 Å². The van der Waals surface area contributed by atoms with Gasteiger partial charge in [0.1, 0.15) is 0 Å². The van der Waals surface area contributed by atoms with Crippen LogP contribution in [0.2, 0.25) is 0 Å². The number of carbonyl (C=O) groups is 3. The van der Waals surface area contributed by atoms with Crippen LogP contribution in [0.1, 0.15) is 71.1 Å². The highest BCUT2D eigenvalue weighted by Crippen LogP contribution is 2.26. The summed E-state index contributed by atoms with van der Waals surface area (Å²) in [5, 5.41) is 0. The first-order valence-corrected chi connectivity index (χ1v) is 10.1. The number of ketones is 1. The Bertz CT molecular complexity index is 461. The Labute approximate surface area is 155 Å². The molecule has 0 N–H and O–H groups in total. The minimum Gasteiger partial charge on any atom is -0.463 e. The normalized spacial score (nSPS) is 20.8. The van der Waals surface area contributed by atoms with E-state index in [0.717, 1.165) is 51.4 Å². The molecule has 1 aliphatic carbocycles. The van der Waals surface area contributed by atoms with Crippen LogP contribution in [0.3, 0.4) is 0 Å². The van der Waals surface area contributed by atoms with Gasteiger partial charge in [-0.1, -0.05) is 39.0 Å². The maximum atomic E-state index is 12.8. The molecule has 0 aromatic heterocycles. The lowest BCUT2D eigenvalue weighted by molar-refractivity contribution is -0.175. The lowest BCUT2D eigenvalue weighted by atomic mass is 9.92. The van der Waals surface area contributed by atoms with Crippen molar-refractivity contribution in [2.45, 2.75) is 77.2 Å². The Hall–Kier alpha value is -1.43. The van der Waals surface area contributed by atoms with E-state index in [1.54, 1.807) is 0 Å². The highest BCUT2D eigenvalue weighted by Gasteiger charge is 2.38. The maximum absolute atomic E-state index is 12.8. The fraction of sp³-hybridized carbons (Fsp3) is 0.850. The molecule has 2 fully saturated rings. The van der Waals surface area contributed by atoms with E-state index in [4.69, 9.17) is 14.2 Å². The molecule has 6 heteroatoms. The highest BCUT2D eigenvalue weighted by molar-refractivity contribution is 6.04. The first-order chi connectivity index (χ1) is 12.6. The van der Waals surface area contributed by atoms with Crippen LogP contribution >= 0.6 is 0 Å². The van der Waals surface area contributed by atoms with E-state index in [1.807, 2.05) is 6.92 Å². The average Bonchev–Trinajstić information content (AvgIpc) is 2.96. The second kappa shape index (κ2) is 11.3. The zero-order chi connectivity index (χ0) is 18.8. The van der Waals surface area contributed by atoms with Gasteiger partial charge in [0.2, 0.25) is 0 Å². The van der Waals surface area contributed by atoms with Crippen molar-refractivity contribution in [1.29, 1.82) is 0 Å². The van der Waals surface area contributed by atoms with Crippen LogP contribution in [0.25, 0.3) is 0 Å². The number of hydrogen-bond acceptors (Lipinski definition) is 6. The molecule has 148 valence electrons. The van der Waals surface area contributed by atoms with Crippen LogP contribution < -0.4 is 0 Å². The summed E-state index contributed by atoms with van der Waals surface area (Å²) >= 11 is 0. The van der Waals surface area contributed by atoms with E-state index in [0.29, 0.717) is 26.1 Å². The average molecular weight is 368 g/mol. The number of Topliss-reactive ketones (excluding diaryl/α,β-unsaturated/α-hetero) is 1. The van der Waals surface area contributed by atoms with Gasteiger partial charge in [0.25, 0.3) is 6.10 Å². The zero-order valence-electron chi connectivity index (χ0n) is 15.9. The molecule has 1 aliphatic heterocycles. The fourth-order valence-electron chi connectivity index (χ4n) is 3.54. The molecule has 26 heavy (non-hydrogen) atoms. The lowest BCUT2D eigenvalue weighted by Gasteiger charge is -2.25. The number of unbranched alkanes of at least 4 members (excludes halogenated alkanes) is 1. The molecule has 1 saturated carbocycles. The molecule has 0 spiro atoms. The van der Waals surface area contributed by atoms with Crippen molar-refractivity contribution in [3.8, 4) is 0 Å². The first kappa shape index (κ1) is 20.9. The van der Waals surface area contributed by atoms with Gasteiger partial charge in [-0.25, -0.2) is 4.79 Å². The van der Waals surface area contributed by atoms with Crippen molar-refractivity contribution in [3.05, 3.63) is 0 Å². The predicted octanol–water partition coefficient (Wildman–Crippen LogP) is 3.21. The second-order valence-corrected chi connectivity index (χ2v) is 7.32. The van der Waals surface area contributed by atoms with Gasteiger partial charge in [0.15, 0.2) is 5.78 Å². The van der Waals surface area contributed by atoms with E-state index in [-0.39, 0.29) is 24.2 Å². The van der Waals surface area contributed by atoms with Crippen LogP contribution in [0.15, 0.2) is 0 Å². The number of hydrogen-bond donors (Lipinski definition) is 0. The Morgan fingerprint density at radius 3 is 2.23 bits per heavy atom. The zero-order valence-corrected chi connectivity index (χ0v) is 15.9. The van der Waals surface area contributed by atoms with Gasteiger partial charge in [0.05, 0.1) is 12.5 Å². The Morgan fingerprint density at radius 2 is 1.62 bits per heavy atom. The molecule has 0 aromatic carbocycles. The molecule has 2 aliphatic rings. The molecule has 0 amide bonds. The van der Waals surface area contributed by atoms with Gasteiger partial charge in [-0.05, 0) is 32.1 Å². The van der Waals surface area contributed by atoms with Crippen molar-refractivity contribution >= 4 is 17.7 Å². The minimum atomic E-state index is -1.43. The largest absolute Gasteiger partial charge is 0.463 e. The molecule has 6 nitrogen and oxygen atoms in total. The third-order valence-electron chi connectivity index (χ3n) is 5.26. The molecule has 0 bridgehead atoms. The van der Waals surface area contributed by atoms with E-state index < -0.39 is 18.0 Å². The molecule has 1 unspecified atom stereocenters. The third kappa shape index (κ3) is 6.38. The number of ether oxygens (including phenoxy) is 3. The summed E-state index contributed by atoms with van der Waals surface area (Å²) in [6.45, 7) is 3.22. The van der Waals surface area contributed by atoms with Crippen molar-refractivity contribution in [3.63, 3.8) is 0 Å². The standard InChI is InChI=1S/C20H32O6/c1-2-3-12-25-20(23)18(17(21)15-10-13-24-14-11-15)26-19(22)16-8-6-4-5-7-9-16/h15-16,18H,2-14H2,1H3. The van der Waals surface area contributed by atoms with Crippen molar-refractivity contribution in [2.75, 3.05) is 19.8 Å². The SMILES string of the molecule is CCCCOC(=O)C(OC(=O)C1CCCCCC1)C(=O)C1CCOCC1. The summed E-state index contributed by atoms with van der Waals surface area (Å²) in [6, 6.07) is 0. The van der Waals surface area contributed by atoms with Gasteiger partial charge < -0.3 is 14.2 Å². The van der Waals surface area contributed by atoms with E-state index in [1.165, 1.54) is 0 Å². The minimum absolute atomic E-state index is 0.217. The molecule has 1 saturated heterocycles. The van der Waals surface area contributed by atoms with Crippen molar-refractivity contribution in [2.24, 2.45) is 11.8 Å². The van der Waals surface area contributed by atoms with Gasteiger partial charge in [-0.3, -0.25) is 9.59 Å². The molecule has 0 radical (unpaired) electrons. The van der Waals surface area contributed by atoms with Crippen LogP contribution in [0.5, 0.6) is 0 Å². The summed E-state index contributed by atoms with van der Waals surface area (Å²) < 4.78 is 15.9. The van der Waals surface area contributed by atoms with Crippen molar-refractivity contribution < 1.29 is 28.6 Å². The molecule has 2 rings (SSSR count). The van der Waals surface area contributed by atoms with E-state index in [9.17, 15) is 14.4 Å². The van der Waals surface area contributed by atoms with Crippen LogP contribution in [0.4, 0.5) is 0 Å². The van der Waals surface area contributed by atoms with E-state index >= 15 is 0 Å². The Morgan fingerprint density at radius 1 is 0.962 bits per heavy atom. The molecule has 0 aromatic rings. The highest BCUT2D eigenvalue weighted by atomic mass is 16.6. The maximum Gasteiger partial charge on any atom is 0.355 e. The summed E-state index contributed by atoms with van der Waals surface area (Å²) in [5.74, 6) is -2.02. The van der Waals surface area contributed by atoms with Gasteiger partial charge in [0, 0.05) is 19.1 Å². The Kier molecular flexibility index (Phi) is 9.09. The predicted molar refractivity (Wildman–Crippen MR) is 95.5 cm³/mol. The van der Waals surface area contributed by atoms with Crippen LogP contribution in [0, 0.1) is 11.8 Å². The monoisotopic (exact) mass is 368 g/mol. The smallest absolute Gasteiger partial charge is 0.355 e. The first-order valence-electron chi connectivity index (χ1n) is 10.1. The van der Waals surface area contributed by atoms with Gasteiger partial charge in [-0.2, -0.15) is 0 Å². The lowest BCUT2D eigenvalue weighted by Crippen LogP contribution is -2.42. The molecular weight excluding hydrogens is 336 g/mol. The summed E-state index contributed by atoms with van der Waals surface area (Å²) in [5.41, 5.74) is 0. The third-order valence-corrected chi connectivity index (χ3v) is 5.26. The van der Waals surface area contributed by atoms with Gasteiger partial charge >= 0.3 is 11.9 Å². The fourth-order valence-corrected chi connectivity index (χ4v) is 3.54. The van der Waals surface area contributed by atoms with E-state index in [2.05, 4.69) is 0 Å². The number of rotatable bonds is 8. The number of esters is 2. The summed E-state index contributed by atoms with van der Waals surface area (Å²) in [7, 11) is 0.